The maximum Gasteiger partial charge on any atom is 0.494 e. The average molecular weight is 583 g/mol. The minimum Gasteiger partial charge on any atom is -0.399 e. The van der Waals surface area contributed by atoms with E-state index >= 15 is 0 Å². The van der Waals surface area contributed by atoms with Crippen LogP contribution in [0.4, 0.5) is 0 Å². The second-order valence-corrected chi connectivity index (χ2v) is 13.3. The van der Waals surface area contributed by atoms with Crippen LogP contribution < -0.4 is 5.46 Å². The summed E-state index contributed by atoms with van der Waals surface area (Å²) in [5, 5.41) is 7.37. The van der Waals surface area contributed by atoms with Crippen LogP contribution in [0.1, 0.15) is 27.7 Å². The van der Waals surface area contributed by atoms with Gasteiger partial charge < -0.3 is 9.31 Å². The van der Waals surface area contributed by atoms with Crippen molar-refractivity contribution in [2.24, 2.45) is 0 Å². The van der Waals surface area contributed by atoms with Crippen LogP contribution in [0.2, 0.25) is 0 Å². The fourth-order valence-electron chi connectivity index (χ4n) is 6.59. The van der Waals surface area contributed by atoms with Crippen LogP contribution in [0.25, 0.3) is 65.7 Å². The molecule has 7 aromatic rings. The third-order valence-corrected chi connectivity index (χ3v) is 9.88. The van der Waals surface area contributed by atoms with Gasteiger partial charge in [0.05, 0.1) is 11.2 Å². The van der Waals surface area contributed by atoms with Crippen molar-refractivity contribution in [3.63, 3.8) is 0 Å². The Kier molecular flexibility index (Phi) is 6.46. The highest BCUT2D eigenvalue weighted by Crippen LogP contribution is 2.39. The smallest absolute Gasteiger partial charge is 0.399 e. The van der Waals surface area contributed by atoms with E-state index in [4.69, 9.17) is 9.31 Å². The molecule has 1 fully saturated rings. The van der Waals surface area contributed by atoms with Crippen LogP contribution in [0.15, 0.2) is 140 Å². The third kappa shape index (κ3) is 4.84. The molecular formula is C42H35BO2. The van der Waals surface area contributed by atoms with E-state index in [0.717, 1.165) is 5.46 Å². The fourth-order valence-corrected chi connectivity index (χ4v) is 6.59. The van der Waals surface area contributed by atoms with E-state index in [2.05, 4.69) is 167 Å². The van der Waals surface area contributed by atoms with Gasteiger partial charge in [0.2, 0.25) is 0 Å². The molecule has 1 saturated heterocycles. The number of hydrogen-bond acceptors (Lipinski definition) is 2. The lowest BCUT2D eigenvalue weighted by molar-refractivity contribution is 0.00578. The van der Waals surface area contributed by atoms with Crippen LogP contribution in [-0.2, 0) is 9.31 Å². The number of rotatable bonds is 4. The Hall–Kier alpha value is -4.70. The molecular weight excluding hydrogens is 547 g/mol. The normalized spacial score (nSPS) is 15.7. The lowest BCUT2D eigenvalue weighted by Gasteiger charge is -2.32. The molecule has 2 nitrogen and oxygen atoms in total. The molecule has 3 heteroatoms. The van der Waals surface area contributed by atoms with Crippen LogP contribution in [0.5, 0.6) is 0 Å². The Bertz CT molecular complexity index is 2230. The summed E-state index contributed by atoms with van der Waals surface area (Å²) in [5.41, 5.74) is 7.70. The Labute approximate surface area is 265 Å². The lowest BCUT2D eigenvalue weighted by Crippen LogP contribution is -2.41. The molecule has 0 saturated carbocycles. The first-order chi connectivity index (χ1) is 21.8. The van der Waals surface area contributed by atoms with Gasteiger partial charge in [-0.1, -0.05) is 121 Å². The van der Waals surface area contributed by atoms with E-state index in [-0.39, 0.29) is 18.3 Å². The highest BCUT2D eigenvalue weighted by molar-refractivity contribution is 6.62. The molecule has 0 N–H and O–H groups in total. The van der Waals surface area contributed by atoms with Crippen molar-refractivity contribution in [2.75, 3.05) is 0 Å². The summed E-state index contributed by atoms with van der Waals surface area (Å²) in [4.78, 5) is 0. The van der Waals surface area contributed by atoms with Crippen LogP contribution in [0, 0.1) is 0 Å². The molecule has 0 aromatic heterocycles. The van der Waals surface area contributed by atoms with Gasteiger partial charge in [0.25, 0.3) is 0 Å². The predicted molar refractivity (Wildman–Crippen MR) is 191 cm³/mol. The molecule has 0 bridgehead atoms. The monoisotopic (exact) mass is 582 g/mol. The van der Waals surface area contributed by atoms with Gasteiger partial charge in [0.15, 0.2) is 0 Å². The molecule has 218 valence electrons. The molecule has 0 unspecified atom stereocenters. The van der Waals surface area contributed by atoms with Gasteiger partial charge in [-0.3, -0.25) is 0 Å². The first kappa shape index (κ1) is 27.8. The van der Waals surface area contributed by atoms with Crippen molar-refractivity contribution in [1.29, 1.82) is 0 Å². The van der Waals surface area contributed by atoms with Gasteiger partial charge in [-0.25, -0.2) is 0 Å². The maximum atomic E-state index is 6.33. The largest absolute Gasteiger partial charge is 0.494 e. The van der Waals surface area contributed by atoms with Crippen molar-refractivity contribution >= 4 is 44.9 Å². The van der Waals surface area contributed by atoms with Crippen molar-refractivity contribution in [2.45, 2.75) is 38.9 Å². The molecule has 0 amide bonds. The Morgan fingerprint density at radius 1 is 0.400 bits per heavy atom. The molecule has 1 aliphatic heterocycles. The van der Waals surface area contributed by atoms with E-state index in [1.54, 1.807) is 0 Å². The van der Waals surface area contributed by atoms with E-state index in [1.807, 2.05) is 0 Å². The standard InChI is InChI=1S/C42H35BO2/c1-41(2)42(3,4)45-43(44-41)36-23-22-28-16-17-33(26-35(28)27-36)30-18-19-32-25-34(21-20-31(32)24-30)38-13-7-8-14-39(38)40-15-9-11-29-10-5-6-12-37(29)40/h5-27H,1-4H3. The van der Waals surface area contributed by atoms with E-state index in [0.29, 0.717) is 0 Å². The summed E-state index contributed by atoms with van der Waals surface area (Å²) in [5.74, 6) is 0. The first-order valence-corrected chi connectivity index (χ1v) is 15.8. The van der Waals surface area contributed by atoms with Crippen LogP contribution >= 0.6 is 0 Å². The van der Waals surface area contributed by atoms with E-state index < -0.39 is 0 Å². The molecule has 1 heterocycles. The number of benzene rings is 7. The molecule has 8 rings (SSSR count). The Morgan fingerprint density at radius 2 is 0.933 bits per heavy atom. The Balaban J connectivity index is 1.14. The number of hydrogen-bond donors (Lipinski definition) is 0. The quantitative estimate of drug-likeness (QED) is 0.192. The maximum absolute atomic E-state index is 6.33. The highest BCUT2D eigenvalue weighted by atomic mass is 16.7. The summed E-state index contributed by atoms with van der Waals surface area (Å²) in [6.07, 6.45) is 0. The van der Waals surface area contributed by atoms with Gasteiger partial charge in [0, 0.05) is 0 Å². The second-order valence-electron chi connectivity index (χ2n) is 13.3. The summed E-state index contributed by atoms with van der Waals surface area (Å²) in [7, 11) is -0.372. The van der Waals surface area contributed by atoms with Crippen LogP contribution in [-0.4, -0.2) is 18.3 Å². The van der Waals surface area contributed by atoms with Crippen molar-refractivity contribution in [3.05, 3.63) is 140 Å². The molecule has 1 aliphatic rings. The minimum atomic E-state index is -0.372. The number of fused-ring (bicyclic) bond motifs is 3. The van der Waals surface area contributed by atoms with Crippen molar-refractivity contribution < 1.29 is 9.31 Å². The van der Waals surface area contributed by atoms with Crippen molar-refractivity contribution in [1.82, 2.24) is 0 Å². The summed E-state index contributed by atoms with van der Waals surface area (Å²) in [6, 6.07) is 50.8. The molecule has 7 aromatic carbocycles. The molecule has 0 radical (unpaired) electrons. The van der Waals surface area contributed by atoms with Crippen molar-refractivity contribution in [3.8, 4) is 33.4 Å². The molecule has 45 heavy (non-hydrogen) atoms. The minimum absolute atomic E-state index is 0.364. The summed E-state index contributed by atoms with van der Waals surface area (Å²) in [6.45, 7) is 8.38. The van der Waals surface area contributed by atoms with Gasteiger partial charge in [-0.15, -0.1) is 0 Å². The molecule has 0 aliphatic carbocycles. The van der Waals surface area contributed by atoms with Gasteiger partial charge in [-0.2, -0.15) is 0 Å². The summed E-state index contributed by atoms with van der Waals surface area (Å²) >= 11 is 0. The molecule has 0 spiro atoms. The van der Waals surface area contributed by atoms with E-state index in [9.17, 15) is 0 Å². The average Bonchev–Trinajstić information content (AvgIpc) is 3.29. The SMILES string of the molecule is CC1(C)OB(c2ccc3ccc(-c4ccc5cc(-c6ccccc6-c6cccc7ccccc67)ccc5c4)cc3c2)OC1(C)C. The lowest BCUT2D eigenvalue weighted by atomic mass is 9.78. The molecule has 0 atom stereocenters. The fraction of sp³-hybridized carbons (Fsp3) is 0.143. The zero-order valence-corrected chi connectivity index (χ0v) is 26.2. The first-order valence-electron chi connectivity index (χ1n) is 15.8. The second kappa shape index (κ2) is 10.4. The van der Waals surface area contributed by atoms with Gasteiger partial charge in [-0.05, 0) is 117 Å². The van der Waals surface area contributed by atoms with E-state index in [1.165, 1.54) is 65.7 Å². The highest BCUT2D eigenvalue weighted by Gasteiger charge is 2.51. The van der Waals surface area contributed by atoms with Crippen LogP contribution in [0.3, 0.4) is 0 Å². The van der Waals surface area contributed by atoms with Gasteiger partial charge >= 0.3 is 7.12 Å². The summed E-state index contributed by atoms with van der Waals surface area (Å²) < 4.78 is 12.7. The zero-order chi connectivity index (χ0) is 30.8. The topological polar surface area (TPSA) is 18.5 Å². The van der Waals surface area contributed by atoms with Gasteiger partial charge in [0.1, 0.15) is 0 Å². The predicted octanol–water partition coefficient (Wildman–Crippen LogP) is 10.4. The Morgan fingerprint density at radius 3 is 1.69 bits per heavy atom. The third-order valence-electron chi connectivity index (χ3n) is 9.88. The zero-order valence-electron chi connectivity index (χ0n) is 26.2.